The molecule has 0 radical (unpaired) electrons. The Labute approximate surface area is 171 Å². The Morgan fingerprint density at radius 1 is 1.10 bits per heavy atom. The molecule has 1 amide bonds. The number of rotatable bonds is 7. The lowest BCUT2D eigenvalue weighted by atomic mass is 10.0. The molecule has 4 rings (SSSR count). The van der Waals surface area contributed by atoms with Crippen LogP contribution in [-0.4, -0.2) is 22.7 Å². The number of anilines is 1. The fourth-order valence-electron chi connectivity index (χ4n) is 3.09. The zero-order chi connectivity index (χ0) is 21.1. The molecule has 0 spiro atoms. The summed E-state index contributed by atoms with van der Waals surface area (Å²) in [5.41, 5.74) is 0.887. The zero-order valence-corrected chi connectivity index (χ0v) is 15.9. The van der Waals surface area contributed by atoms with Gasteiger partial charge < -0.3 is 10.1 Å². The smallest absolute Gasteiger partial charge is 0.368 e. The van der Waals surface area contributed by atoms with Crippen molar-refractivity contribution in [1.82, 2.24) is 10.2 Å². The molecule has 1 saturated carbocycles. The van der Waals surface area contributed by atoms with Crippen LogP contribution in [0.1, 0.15) is 46.3 Å². The summed E-state index contributed by atoms with van der Waals surface area (Å²) in [6.07, 6.45) is -2.58. The predicted octanol–water partition coefficient (Wildman–Crippen LogP) is 5.20. The second-order valence-corrected chi connectivity index (χ2v) is 7.31. The average Bonchev–Trinajstić information content (AvgIpc) is 3.40. The summed E-state index contributed by atoms with van der Waals surface area (Å²) in [5, 5.41) is 7.89. The number of ether oxygens (including phenoxy) is 1. The zero-order valence-electron chi connectivity index (χ0n) is 15.9. The van der Waals surface area contributed by atoms with E-state index in [1.807, 2.05) is 36.4 Å². The molecule has 1 atom stereocenters. The molecule has 0 saturated heterocycles. The Bertz CT molecular complexity index is 1010. The minimum atomic E-state index is -4.61. The molecule has 5 nitrogen and oxygen atoms in total. The van der Waals surface area contributed by atoms with Gasteiger partial charge >= 0.3 is 6.18 Å². The van der Waals surface area contributed by atoms with Crippen LogP contribution in [-0.2, 0) is 10.9 Å². The number of aromatic nitrogens is 2. The van der Waals surface area contributed by atoms with Gasteiger partial charge in [0.05, 0.1) is 6.61 Å². The maximum absolute atomic E-state index is 12.7. The summed E-state index contributed by atoms with van der Waals surface area (Å²) in [7, 11) is 0. The third-order valence-corrected chi connectivity index (χ3v) is 4.86. The number of carbonyl (C=O) groups is 1. The van der Waals surface area contributed by atoms with E-state index in [1.54, 1.807) is 18.2 Å². The molecule has 0 bridgehead atoms. The van der Waals surface area contributed by atoms with Crippen molar-refractivity contribution in [3.63, 3.8) is 0 Å². The molecule has 156 valence electrons. The monoisotopic (exact) mass is 415 g/mol. The molecule has 2 N–H and O–H groups in total. The SMILES string of the molecule is O=C(Nc1cccc(C(OCC2CC2)c2ccccc2)c1)c1cc(C(F)(F)F)n[nH]1. The van der Waals surface area contributed by atoms with Gasteiger partial charge in [-0.05, 0) is 42.0 Å². The number of alkyl halides is 3. The summed E-state index contributed by atoms with van der Waals surface area (Å²) in [4.78, 5) is 12.3. The van der Waals surface area contributed by atoms with E-state index < -0.39 is 17.8 Å². The van der Waals surface area contributed by atoms with E-state index >= 15 is 0 Å². The fraction of sp³-hybridized carbons (Fsp3) is 0.273. The van der Waals surface area contributed by atoms with E-state index in [0.717, 1.165) is 11.1 Å². The van der Waals surface area contributed by atoms with Crippen LogP contribution in [0.25, 0.3) is 0 Å². The Hall–Kier alpha value is -3.13. The first-order valence-electron chi connectivity index (χ1n) is 9.60. The molecule has 1 unspecified atom stereocenters. The first-order valence-corrected chi connectivity index (χ1v) is 9.60. The van der Waals surface area contributed by atoms with E-state index in [1.165, 1.54) is 12.8 Å². The molecule has 8 heteroatoms. The molecule has 1 aromatic heterocycles. The molecule has 1 aliphatic rings. The van der Waals surface area contributed by atoms with Crippen LogP contribution in [0, 0.1) is 5.92 Å². The lowest BCUT2D eigenvalue weighted by Crippen LogP contribution is -2.13. The van der Waals surface area contributed by atoms with Crippen molar-refractivity contribution in [2.24, 2.45) is 5.92 Å². The topological polar surface area (TPSA) is 67.0 Å². The molecule has 0 aliphatic heterocycles. The van der Waals surface area contributed by atoms with E-state index in [9.17, 15) is 18.0 Å². The number of aromatic amines is 1. The van der Waals surface area contributed by atoms with Crippen LogP contribution in [0.15, 0.2) is 60.7 Å². The van der Waals surface area contributed by atoms with Gasteiger partial charge in [-0.25, -0.2) is 0 Å². The summed E-state index contributed by atoms with van der Waals surface area (Å²) < 4.78 is 44.3. The molecular formula is C22H20F3N3O2. The number of nitrogens with zero attached hydrogens (tertiary/aromatic N) is 1. The van der Waals surface area contributed by atoms with Crippen LogP contribution in [0.2, 0.25) is 0 Å². The van der Waals surface area contributed by atoms with Crippen LogP contribution in [0.4, 0.5) is 18.9 Å². The molecule has 1 heterocycles. The number of nitrogens with one attached hydrogen (secondary N) is 2. The first kappa shape index (κ1) is 20.2. The number of hydrogen-bond donors (Lipinski definition) is 2. The van der Waals surface area contributed by atoms with Gasteiger partial charge in [0.1, 0.15) is 11.8 Å². The Morgan fingerprint density at radius 2 is 1.83 bits per heavy atom. The highest BCUT2D eigenvalue weighted by Gasteiger charge is 2.34. The Balaban J connectivity index is 1.52. The lowest BCUT2D eigenvalue weighted by Gasteiger charge is -2.20. The van der Waals surface area contributed by atoms with Crippen molar-refractivity contribution in [3.8, 4) is 0 Å². The van der Waals surface area contributed by atoms with E-state index in [-0.39, 0.29) is 11.8 Å². The van der Waals surface area contributed by atoms with Crippen molar-refractivity contribution >= 4 is 11.6 Å². The van der Waals surface area contributed by atoms with E-state index in [0.29, 0.717) is 24.3 Å². The highest BCUT2D eigenvalue weighted by molar-refractivity contribution is 6.02. The average molecular weight is 415 g/mol. The third kappa shape index (κ3) is 4.88. The molecule has 2 aromatic carbocycles. The lowest BCUT2D eigenvalue weighted by molar-refractivity contribution is -0.141. The molecule has 1 fully saturated rings. The minimum Gasteiger partial charge on any atom is -0.368 e. The number of amides is 1. The van der Waals surface area contributed by atoms with Gasteiger partial charge in [-0.1, -0.05) is 42.5 Å². The maximum Gasteiger partial charge on any atom is 0.435 e. The van der Waals surface area contributed by atoms with Crippen molar-refractivity contribution in [3.05, 3.63) is 83.2 Å². The van der Waals surface area contributed by atoms with Gasteiger partial charge in [-0.15, -0.1) is 0 Å². The second kappa shape index (κ2) is 8.31. The summed E-state index contributed by atoms with van der Waals surface area (Å²) in [5.74, 6) is -0.118. The number of H-pyrrole nitrogens is 1. The summed E-state index contributed by atoms with van der Waals surface area (Å²) in [6.45, 7) is 0.657. The van der Waals surface area contributed by atoms with Gasteiger partial charge in [0.15, 0.2) is 5.69 Å². The first-order chi connectivity index (χ1) is 14.4. The number of carbonyl (C=O) groups excluding carboxylic acids is 1. The normalized spacial score (nSPS) is 15.0. The largest absolute Gasteiger partial charge is 0.435 e. The summed E-state index contributed by atoms with van der Waals surface area (Å²) in [6, 6.07) is 17.6. The third-order valence-electron chi connectivity index (χ3n) is 4.86. The Morgan fingerprint density at radius 3 is 2.50 bits per heavy atom. The fourth-order valence-corrected chi connectivity index (χ4v) is 3.09. The van der Waals surface area contributed by atoms with Crippen molar-refractivity contribution in [2.45, 2.75) is 25.1 Å². The molecule has 30 heavy (non-hydrogen) atoms. The van der Waals surface area contributed by atoms with Crippen molar-refractivity contribution in [1.29, 1.82) is 0 Å². The number of benzene rings is 2. The summed E-state index contributed by atoms with van der Waals surface area (Å²) >= 11 is 0. The standard InChI is InChI=1S/C22H20F3N3O2/c23-22(24,25)19-12-18(27-28-19)21(29)26-17-8-4-7-16(11-17)20(30-13-14-9-10-14)15-5-2-1-3-6-15/h1-8,11-12,14,20H,9-10,13H2,(H,26,29)(H,27,28). The van der Waals surface area contributed by atoms with Crippen LogP contribution < -0.4 is 5.32 Å². The molecular weight excluding hydrogens is 395 g/mol. The van der Waals surface area contributed by atoms with Gasteiger partial charge in [0.25, 0.3) is 5.91 Å². The van der Waals surface area contributed by atoms with Gasteiger partial charge in [-0.3, -0.25) is 9.89 Å². The second-order valence-electron chi connectivity index (χ2n) is 7.31. The van der Waals surface area contributed by atoms with E-state index in [4.69, 9.17) is 4.74 Å². The van der Waals surface area contributed by atoms with Gasteiger partial charge in [0.2, 0.25) is 0 Å². The van der Waals surface area contributed by atoms with Crippen LogP contribution >= 0.6 is 0 Å². The van der Waals surface area contributed by atoms with Crippen molar-refractivity contribution < 1.29 is 22.7 Å². The quantitative estimate of drug-likeness (QED) is 0.558. The van der Waals surface area contributed by atoms with Crippen LogP contribution in [0.5, 0.6) is 0 Å². The maximum atomic E-state index is 12.7. The highest BCUT2D eigenvalue weighted by Crippen LogP contribution is 2.34. The molecule has 3 aromatic rings. The predicted molar refractivity (Wildman–Crippen MR) is 105 cm³/mol. The van der Waals surface area contributed by atoms with Gasteiger partial charge in [-0.2, -0.15) is 18.3 Å². The van der Waals surface area contributed by atoms with Crippen LogP contribution in [0.3, 0.4) is 0 Å². The Kier molecular flexibility index (Phi) is 5.59. The number of halogens is 3. The number of hydrogen-bond acceptors (Lipinski definition) is 3. The highest BCUT2D eigenvalue weighted by atomic mass is 19.4. The molecule has 1 aliphatic carbocycles. The van der Waals surface area contributed by atoms with E-state index in [2.05, 4.69) is 15.5 Å². The van der Waals surface area contributed by atoms with Gasteiger partial charge in [0, 0.05) is 11.8 Å². The minimum absolute atomic E-state index is 0.266. The van der Waals surface area contributed by atoms with Crippen molar-refractivity contribution in [2.75, 3.05) is 11.9 Å².